The first-order valence-electron chi connectivity index (χ1n) is 7.27. The fraction of sp³-hybridized carbons (Fsp3) is 0.111. The summed E-state index contributed by atoms with van der Waals surface area (Å²) in [4.78, 5) is 2.78. The Morgan fingerprint density at radius 3 is 1.50 bits per heavy atom. The molecule has 4 heteroatoms. The van der Waals surface area contributed by atoms with Crippen LogP contribution in [0.25, 0.3) is 33.2 Å². The van der Waals surface area contributed by atoms with Crippen LogP contribution in [0.1, 0.15) is 0 Å². The van der Waals surface area contributed by atoms with Gasteiger partial charge in [0.25, 0.3) is 0 Å². The van der Waals surface area contributed by atoms with Crippen molar-refractivity contribution in [2.24, 2.45) is 14.1 Å². The Morgan fingerprint density at radius 1 is 0.636 bits per heavy atom. The molecule has 0 saturated carbocycles. The van der Waals surface area contributed by atoms with E-state index in [1.165, 1.54) is 43.0 Å². The Balaban J connectivity index is 1.99. The fourth-order valence-electron chi connectivity index (χ4n) is 3.50. The van der Waals surface area contributed by atoms with Crippen molar-refractivity contribution in [3.05, 3.63) is 48.5 Å². The third-order valence-corrected chi connectivity index (χ3v) is 7.05. The highest BCUT2D eigenvalue weighted by atomic mass is 33.1. The van der Waals surface area contributed by atoms with Gasteiger partial charge in [0.15, 0.2) is 0 Å². The molecule has 3 heterocycles. The molecule has 0 atom stereocenters. The second-order valence-corrected chi connectivity index (χ2v) is 7.82. The van der Waals surface area contributed by atoms with Crippen LogP contribution < -0.4 is 0 Å². The normalized spacial score (nSPS) is 13.5. The number of rotatable bonds is 0. The number of aryl methyl sites for hydroxylation is 2. The van der Waals surface area contributed by atoms with Crippen LogP contribution in [0.15, 0.2) is 58.3 Å². The third-order valence-electron chi connectivity index (χ3n) is 4.55. The minimum absolute atomic E-state index is 1.30. The summed E-state index contributed by atoms with van der Waals surface area (Å²) in [6, 6.07) is 17.4. The Labute approximate surface area is 136 Å². The SMILES string of the molecule is Cn1c2c(c3ccccc31)SSc1c-2n(C)c2ccccc12. The van der Waals surface area contributed by atoms with Crippen molar-refractivity contribution in [3.8, 4) is 11.4 Å². The molecule has 5 rings (SSSR count). The van der Waals surface area contributed by atoms with Crippen molar-refractivity contribution in [2.75, 3.05) is 0 Å². The summed E-state index contributed by atoms with van der Waals surface area (Å²) in [5.41, 5.74) is 5.30. The third kappa shape index (κ3) is 1.44. The first-order chi connectivity index (χ1) is 10.8. The number of aromatic nitrogens is 2. The van der Waals surface area contributed by atoms with Gasteiger partial charge in [-0.2, -0.15) is 0 Å². The standard InChI is InChI=1S/C18H14N2S2/c1-19-13-9-5-3-7-11(13)17-15(19)16-18(22-21-17)12-8-4-6-10-14(12)20(16)2/h3-10H,1-2H3. The highest BCUT2D eigenvalue weighted by Crippen LogP contribution is 2.56. The summed E-state index contributed by atoms with van der Waals surface area (Å²) in [7, 11) is 8.14. The van der Waals surface area contributed by atoms with E-state index >= 15 is 0 Å². The van der Waals surface area contributed by atoms with Crippen molar-refractivity contribution in [2.45, 2.75) is 9.79 Å². The zero-order valence-electron chi connectivity index (χ0n) is 12.3. The molecular weight excluding hydrogens is 308 g/mol. The van der Waals surface area contributed by atoms with Gasteiger partial charge in [-0.05, 0) is 33.7 Å². The monoisotopic (exact) mass is 322 g/mol. The lowest BCUT2D eigenvalue weighted by molar-refractivity contribution is 0.905. The molecule has 0 bridgehead atoms. The topological polar surface area (TPSA) is 9.86 Å². The minimum atomic E-state index is 1.30. The number of para-hydroxylation sites is 2. The molecule has 0 aliphatic carbocycles. The Morgan fingerprint density at radius 2 is 1.05 bits per heavy atom. The molecule has 0 unspecified atom stereocenters. The predicted molar refractivity (Wildman–Crippen MR) is 96.5 cm³/mol. The van der Waals surface area contributed by atoms with Crippen molar-refractivity contribution < 1.29 is 0 Å². The van der Waals surface area contributed by atoms with Gasteiger partial charge in [0.05, 0.1) is 21.2 Å². The Hall–Kier alpha value is -1.78. The van der Waals surface area contributed by atoms with Crippen LogP contribution in [0.3, 0.4) is 0 Å². The van der Waals surface area contributed by atoms with Gasteiger partial charge in [0, 0.05) is 35.9 Å². The van der Waals surface area contributed by atoms with Crippen molar-refractivity contribution in [1.82, 2.24) is 9.13 Å². The van der Waals surface area contributed by atoms with Gasteiger partial charge >= 0.3 is 0 Å². The summed E-state index contributed by atoms with van der Waals surface area (Å²) >= 11 is 0. The summed E-state index contributed by atoms with van der Waals surface area (Å²) in [6.45, 7) is 0. The van der Waals surface area contributed by atoms with Crippen LogP contribution in [0, 0.1) is 0 Å². The van der Waals surface area contributed by atoms with Crippen LogP contribution in [-0.2, 0) is 14.1 Å². The molecule has 0 amide bonds. The minimum Gasteiger partial charge on any atom is -0.341 e. The zero-order chi connectivity index (χ0) is 14.8. The lowest BCUT2D eigenvalue weighted by Gasteiger charge is -2.15. The lowest BCUT2D eigenvalue weighted by atomic mass is 10.2. The van der Waals surface area contributed by atoms with E-state index in [0.29, 0.717) is 0 Å². The summed E-state index contributed by atoms with van der Waals surface area (Å²) < 4.78 is 4.68. The maximum Gasteiger partial charge on any atom is 0.0815 e. The van der Waals surface area contributed by atoms with Gasteiger partial charge in [-0.1, -0.05) is 36.4 Å². The summed E-state index contributed by atoms with van der Waals surface area (Å²) in [5, 5.41) is 2.71. The van der Waals surface area contributed by atoms with E-state index < -0.39 is 0 Å². The number of benzene rings is 2. The van der Waals surface area contributed by atoms with E-state index in [1.54, 1.807) is 0 Å². The number of hydrogen-bond acceptors (Lipinski definition) is 2. The van der Waals surface area contributed by atoms with Crippen LogP contribution >= 0.6 is 21.6 Å². The maximum atomic E-state index is 2.34. The van der Waals surface area contributed by atoms with Gasteiger partial charge in [0.1, 0.15) is 0 Å². The second kappa shape index (κ2) is 4.37. The molecule has 2 aromatic heterocycles. The molecule has 1 aliphatic rings. The molecule has 22 heavy (non-hydrogen) atoms. The fourth-order valence-corrected chi connectivity index (χ4v) is 6.33. The molecule has 2 nitrogen and oxygen atoms in total. The van der Waals surface area contributed by atoms with Crippen LogP contribution in [0.4, 0.5) is 0 Å². The molecule has 0 fully saturated rings. The quantitative estimate of drug-likeness (QED) is 0.398. The van der Waals surface area contributed by atoms with E-state index in [9.17, 15) is 0 Å². The van der Waals surface area contributed by atoms with E-state index in [-0.39, 0.29) is 0 Å². The highest BCUT2D eigenvalue weighted by molar-refractivity contribution is 8.77. The predicted octanol–water partition coefficient (Wildman–Crippen LogP) is 5.45. The highest BCUT2D eigenvalue weighted by Gasteiger charge is 2.29. The average molecular weight is 322 g/mol. The molecule has 2 aromatic carbocycles. The van der Waals surface area contributed by atoms with Crippen molar-refractivity contribution in [3.63, 3.8) is 0 Å². The largest absolute Gasteiger partial charge is 0.341 e. The van der Waals surface area contributed by atoms with E-state index in [0.717, 1.165) is 0 Å². The smallest absolute Gasteiger partial charge is 0.0815 e. The first kappa shape index (κ1) is 12.7. The van der Waals surface area contributed by atoms with Gasteiger partial charge in [-0.15, -0.1) is 0 Å². The van der Waals surface area contributed by atoms with Gasteiger partial charge in [0.2, 0.25) is 0 Å². The first-order valence-corrected chi connectivity index (χ1v) is 9.42. The van der Waals surface area contributed by atoms with Crippen LogP contribution in [0.5, 0.6) is 0 Å². The second-order valence-electron chi connectivity index (χ2n) is 5.67. The summed E-state index contributed by atoms with van der Waals surface area (Å²) in [5.74, 6) is 0. The summed E-state index contributed by atoms with van der Waals surface area (Å²) in [6.07, 6.45) is 0. The molecule has 1 aliphatic heterocycles. The zero-order valence-corrected chi connectivity index (χ0v) is 14.0. The van der Waals surface area contributed by atoms with Crippen molar-refractivity contribution >= 4 is 43.4 Å². The van der Waals surface area contributed by atoms with Crippen LogP contribution in [-0.4, -0.2) is 9.13 Å². The molecule has 108 valence electrons. The van der Waals surface area contributed by atoms with Crippen LogP contribution in [0.2, 0.25) is 0 Å². The Kier molecular flexibility index (Phi) is 2.53. The molecule has 0 saturated heterocycles. The number of fused-ring (bicyclic) bond motifs is 7. The van der Waals surface area contributed by atoms with Gasteiger partial charge in [-0.25, -0.2) is 0 Å². The van der Waals surface area contributed by atoms with E-state index in [1.807, 2.05) is 21.6 Å². The van der Waals surface area contributed by atoms with Gasteiger partial charge in [-0.3, -0.25) is 0 Å². The molecule has 4 aromatic rings. The average Bonchev–Trinajstić information content (AvgIpc) is 3.02. The van der Waals surface area contributed by atoms with Gasteiger partial charge < -0.3 is 9.13 Å². The number of hydrogen-bond donors (Lipinski definition) is 0. The van der Waals surface area contributed by atoms with Crippen molar-refractivity contribution in [1.29, 1.82) is 0 Å². The molecule has 0 spiro atoms. The molecule has 0 radical (unpaired) electrons. The Bertz CT molecular complexity index is 970. The molecule has 0 N–H and O–H groups in total. The molecular formula is C18H14N2S2. The maximum absolute atomic E-state index is 2.34. The van der Waals surface area contributed by atoms with E-state index in [2.05, 4.69) is 71.8 Å². The lowest BCUT2D eigenvalue weighted by Crippen LogP contribution is -2.00. The number of nitrogens with zero attached hydrogens (tertiary/aromatic N) is 2. The van der Waals surface area contributed by atoms with E-state index in [4.69, 9.17) is 0 Å².